The van der Waals surface area contributed by atoms with E-state index in [1.165, 1.54) is 126 Å². The van der Waals surface area contributed by atoms with Crippen LogP contribution in [0, 0.1) is 0 Å². The van der Waals surface area contributed by atoms with E-state index < -0.39 is 0 Å². The van der Waals surface area contributed by atoms with Gasteiger partial charge in [0.1, 0.15) is 0 Å². The van der Waals surface area contributed by atoms with E-state index in [-0.39, 0.29) is 23.1 Å². The lowest BCUT2D eigenvalue weighted by Gasteiger charge is -2.52. The molecule has 7 aromatic rings. The molecule has 3 aliphatic heterocycles. The number of rotatable bonds is 6. The molecule has 0 N–H and O–H groups in total. The highest BCUT2D eigenvalue weighted by atomic mass is 15.2. The summed E-state index contributed by atoms with van der Waals surface area (Å²) in [6, 6.07) is 55.9. The molecule has 11 rings (SSSR count). The van der Waals surface area contributed by atoms with E-state index in [1.807, 2.05) is 0 Å². The van der Waals surface area contributed by atoms with Gasteiger partial charge < -0.3 is 9.71 Å². The van der Waals surface area contributed by atoms with Gasteiger partial charge in [-0.3, -0.25) is 0 Å². The molecule has 296 valence electrons. The van der Waals surface area contributed by atoms with Crippen LogP contribution in [-0.2, 0) is 22.7 Å². The van der Waals surface area contributed by atoms with Crippen LogP contribution >= 0.6 is 0 Å². The Labute approximate surface area is 358 Å². The minimum absolute atomic E-state index is 0.0312. The molecule has 0 amide bonds. The Hall–Kier alpha value is -5.80. The molecule has 0 spiro atoms. The SMILES string of the molecule is CCCCc1cc2c3c(c1)N1c4cc5c(cc4C(C)(C)c4cccc(c41)B3N(c1cc(-c3ccccc3)cc(-c3ccccc3)c1)c1ccccc1-2)C(C)(C)CCC5(C)C. The number of nitrogens with zero attached hydrogens (tertiary/aromatic N) is 2. The lowest BCUT2D eigenvalue weighted by molar-refractivity contribution is 0.331. The minimum atomic E-state index is -0.199. The third-order valence-corrected chi connectivity index (χ3v) is 14.8. The van der Waals surface area contributed by atoms with Crippen molar-refractivity contribution in [1.82, 2.24) is 0 Å². The second-order valence-corrected chi connectivity index (χ2v) is 19.9. The van der Waals surface area contributed by atoms with Crippen LogP contribution in [0.15, 0.2) is 146 Å². The third-order valence-electron chi connectivity index (χ3n) is 14.8. The number of fused-ring (bicyclic) bond motifs is 7. The molecule has 0 bridgehead atoms. The van der Waals surface area contributed by atoms with Crippen molar-refractivity contribution in [2.24, 2.45) is 0 Å². The van der Waals surface area contributed by atoms with E-state index in [1.54, 1.807) is 0 Å². The van der Waals surface area contributed by atoms with Crippen LogP contribution in [0.2, 0.25) is 0 Å². The van der Waals surface area contributed by atoms with Gasteiger partial charge in [0.05, 0.1) is 5.69 Å². The lowest BCUT2D eigenvalue weighted by Crippen LogP contribution is -2.62. The Kier molecular flexibility index (Phi) is 8.28. The summed E-state index contributed by atoms with van der Waals surface area (Å²) in [4.78, 5) is 5.43. The summed E-state index contributed by atoms with van der Waals surface area (Å²) in [6.45, 7) is 17.1. The number of hydrogen-bond donors (Lipinski definition) is 0. The van der Waals surface area contributed by atoms with Gasteiger partial charge >= 0.3 is 6.85 Å². The predicted molar refractivity (Wildman–Crippen MR) is 257 cm³/mol. The summed E-state index contributed by atoms with van der Waals surface area (Å²) in [5, 5.41) is 0. The fourth-order valence-electron chi connectivity index (χ4n) is 11.4. The number of anilines is 5. The first kappa shape index (κ1) is 37.2. The zero-order chi connectivity index (χ0) is 41.1. The number of para-hydroxylation sites is 2. The van der Waals surface area contributed by atoms with Crippen molar-refractivity contribution in [3.63, 3.8) is 0 Å². The first-order valence-electron chi connectivity index (χ1n) is 22.4. The second-order valence-electron chi connectivity index (χ2n) is 19.9. The molecule has 4 aliphatic rings. The van der Waals surface area contributed by atoms with E-state index >= 15 is 0 Å². The van der Waals surface area contributed by atoms with Crippen molar-refractivity contribution in [3.8, 4) is 33.4 Å². The van der Waals surface area contributed by atoms with E-state index in [2.05, 4.69) is 204 Å². The lowest BCUT2D eigenvalue weighted by atomic mass is 9.42. The van der Waals surface area contributed by atoms with E-state index in [0.29, 0.717) is 0 Å². The molecular weight excluding hydrogens is 723 g/mol. The van der Waals surface area contributed by atoms with Crippen molar-refractivity contribution >= 4 is 46.2 Å². The Morgan fingerprint density at radius 3 is 1.82 bits per heavy atom. The van der Waals surface area contributed by atoms with Crippen molar-refractivity contribution in [1.29, 1.82) is 0 Å². The Bertz CT molecular complexity index is 2790. The zero-order valence-corrected chi connectivity index (χ0v) is 36.4. The van der Waals surface area contributed by atoms with Crippen molar-refractivity contribution in [2.75, 3.05) is 9.71 Å². The number of benzene rings is 7. The van der Waals surface area contributed by atoms with Crippen LogP contribution in [0.1, 0.15) is 102 Å². The smallest absolute Gasteiger partial charge is 0.333 e. The van der Waals surface area contributed by atoms with Crippen LogP contribution in [0.5, 0.6) is 0 Å². The molecule has 1 aliphatic carbocycles. The van der Waals surface area contributed by atoms with Gasteiger partial charge in [-0.2, -0.15) is 0 Å². The first-order valence-corrected chi connectivity index (χ1v) is 22.4. The monoisotopic (exact) mass is 778 g/mol. The van der Waals surface area contributed by atoms with E-state index in [9.17, 15) is 0 Å². The van der Waals surface area contributed by atoms with Gasteiger partial charge in [0.2, 0.25) is 0 Å². The van der Waals surface area contributed by atoms with Gasteiger partial charge in [-0.05, 0) is 139 Å². The van der Waals surface area contributed by atoms with Crippen LogP contribution < -0.4 is 20.6 Å². The molecule has 0 radical (unpaired) electrons. The maximum Gasteiger partial charge on any atom is 0.333 e. The average molecular weight is 779 g/mol. The van der Waals surface area contributed by atoms with Crippen molar-refractivity contribution in [2.45, 2.75) is 96.8 Å². The van der Waals surface area contributed by atoms with Crippen LogP contribution in [-0.4, -0.2) is 6.85 Å². The van der Waals surface area contributed by atoms with Gasteiger partial charge in [-0.25, -0.2) is 0 Å². The second kappa shape index (κ2) is 13.4. The zero-order valence-electron chi connectivity index (χ0n) is 36.4. The average Bonchev–Trinajstić information content (AvgIpc) is 3.27. The highest BCUT2D eigenvalue weighted by Crippen LogP contribution is 2.58. The number of unbranched alkanes of at least 4 members (excludes halogenated alkanes) is 1. The Morgan fingerprint density at radius 1 is 0.517 bits per heavy atom. The molecule has 7 aromatic carbocycles. The first-order chi connectivity index (χ1) is 29.0. The van der Waals surface area contributed by atoms with Crippen LogP contribution in [0.25, 0.3) is 33.4 Å². The molecule has 0 saturated carbocycles. The Morgan fingerprint density at radius 2 is 1.15 bits per heavy atom. The highest BCUT2D eigenvalue weighted by molar-refractivity contribution is 6.93. The van der Waals surface area contributed by atoms with Crippen LogP contribution in [0.4, 0.5) is 28.4 Å². The van der Waals surface area contributed by atoms with Crippen molar-refractivity contribution < 1.29 is 0 Å². The number of hydrogen-bond acceptors (Lipinski definition) is 2. The summed E-state index contributed by atoms with van der Waals surface area (Å²) in [5.74, 6) is 0. The number of aryl methyl sites for hydroxylation is 1. The molecule has 3 heteroatoms. The minimum Gasteiger partial charge on any atom is -0.376 e. The summed E-state index contributed by atoms with van der Waals surface area (Å²) in [7, 11) is 0. The van der Waals surface area contributed by atoms with E-state index in [4.69, 9.17) is 0 Å². The molecule has 0 saturated heterocycles. The Balaban J connectivity index is 1.23. The maximum absolute atomic E-state index is 2.73. The maximum atomic E-state index is 2.73. The predicted octanol–water partition coefficient (Wildman–Crippen LogP) is 14.1. The van der Waals surface area contributed by atoms with Gasteiger partial charge in [0.15, 0.2) is 0 Å². The van der Waals surface area contributed by atoms with Gasteiger partial charge in [-0.1, -0.05) is 164 Å². The van der Waals surface area contributed by atoms with Gasteiger partial charge in [0.25, 0.3) is 0 Å². The molecule has 0 aromatic heterocycles. The standard InChI is InChI=1S/C57H55BN2/c1-8-9-19-37-30-44-43-24-16-17-27-50(43)60(42-33-40(38-20-12-10-13-21-38)32-41(34-42)39-22-14-11-15-23-39)58-49-26-18-25-45-54(49)59(52(31-37)53(44)58)51-36-47-46(35-48(51)57(45,6)7)55(2,3)28-29-56(47,4)5/h10-18,20-27,30-36H,8-9,19,28-29H2,1-7H3. The fraction of sp³-hybridized carbons (Fsp3) is 0.263. The van der Waals surface area contributed by atoms with E-state index in [0.717, 1.165) is 6.42 Å². The molecule has 3 heterocycles. The molecule has 0 atom stereocenters. The summed E-state index contributed by atoms with van der Waals surface area (Å²) >= 11 is 0. The molecule has 0 fully saturated rings. The summed E-state index contributed by atoms with van der Waals surface area (Å²) in [6.07, 6.45) is 5.81. The normalized spacial score (nSPS) is 16.9. The highest BCUT2D eigenvalue weighted by Gasteiger charge is 2.50. The van der Waals surface area contributed by atoms with Gasteiger partial charge in [0, 0.05) is 33.7 Å². The molecular formula is C57H55BN2. The van der Waals surface area contributed by atoms with Gasteiger partial charge in [-0.15, -0.1) is 0 Å². The summed E-state index contributed by atoms with van der Waals surface area (Å²) in [5.41, 5.74) is 24.3. The topological polar surface area (TPSA) is 6.48 Å². The quantitative estimate of drug-likeness (QED) is 0.155. The van der Waals surface area contributed by atoms with Crippen molar-refractivity contribution in [3.05, 3.63) is 173 Å². The van der Waals surface area contributed by atoms with Crippen LogP contribution in [0.3, 0.4) is 0 Å². The molecule has 60 heavy (non-hydrogen) atoms. The fourth-order valence-corrected chi connectivity index (χ4v) is 11.4. The third kappa shape index (κ3) is 5.47. The molecule has 2 nitrogen and oxygen atoms in total. The summed E-state index contributed by atoms with van der Waals surface area (Å²) < 4.78 is 0. The molecule has 0 unspecified atom stereocenters. The largest absolute Gasteiger partial charge is 0.376 e.